The SMILES string of the molecule is CC[C@H](C)[C@H](NC(=O)CCCCN)C(=O)O. The molecule has 1 amide bonds. The third kappa shape index (κ3) is 5.70. The number of hydrogen-bond acceptors (Lipinski definition) is 3. The van der Waals surface area contributed by atoms with Gasteiger partial charge in [0.1, 0.15) is 6.04 Å². The molecule has 2 atom stereocenters. The van der Waals surface area contributed by atoms with Crippen LogP contribution in [-0.2, 0) is 9.59 Å². The zero-order valence-electron chi connectivity index (χ0n) is 10.0. The summed E-state index contributed by atoms with van der Waals surface area (Å²) in [5.74, 6) is -1.24. The Morgan fingerprint density at radius 2 is 2.00 bits per heavy atom. The summed E-state index contributed by atoms with van der Waals surface area (Å²) in [4.78, 5) is 22.4. The first-order valence-corrected chi connectivity index (χ1v) is 5.75. The first-order valence-electron chi connectivity index (χ1n) is 5.75. The van der Waals surface area contributed by atoms with Crippen molar-refractivity contribution >= 4 is 11.9 Å². The van der Waals surface area contributed by atoms with Crippen molar-refractivity contribution in [2.24, 2.45) is 11.7 Å². The summed E-state index contributed by atoms with van der Waals surface area (Å²) in [5.41, 5.74) is 5.31. The van der Waals surface area contributed by atoms with E-state index in [2.05, 4.69) is 5.32 Å². The predicted octanol–water partition coefficient (Wildman–Crippen LogP) is 0.731. The number of carboxylic acids is 1. The molecular weight excluding hydrogens is 208 g/mol. The van der Waals surface area contributed by atoms with Crippen molar-refractivity contribution in [1.82, 2.24) is 5.32 Å². The fraction of sp³-hybridized carbons (Fsp3) is 0.818. The molecule has 0 aliphatic rings. The zero-order valence-corrected chi connectivity index (χ0v) is 10.0. The summed E-state index contributed by atoms with van der Waals surface area (Å²) in [6, 6.07) is -0.782. The topological polar surface area (TPSA) is 92.4 Å². The third-order valence-corrected chi connectivity index (χ3v) is 2.65. The van der Waals surface area contributed by atoms with E-state index in [0.717, 1.165) is 12.8 Å². The second-order valence-corrected chi connectivity index (χ2v) is 4.01. The Labute approximate surface area is 96.4 Å². The van der Waals surface area contributed by atoms with E-state index in [1.807, 2.05) is 13.8 Å². The Hall–Kier alpha value is -1.10. The molecule has 0 radical (unpaired) electrons. The molecule has 0 rings (SSSR count). The van der Waals surface area contributed by atoms with E-state index in [0.29, 0.717) is 19.4 Å². The van der Waals surface area contributed by atoms with Crippen molar-refractivity contribution in [1.29, 1.82) is 0 Å². The maximum absolute atomic E-state index is 11.4. The summed E-state index contributed by atoms with van der Waals surface area (Å²) in [7, 11) is 0. The molecule has 4 N–H and O–H groups in total. The highest BCUT2D eigenvalue weighted by Gasteiger charge is 2.24. The molecule has 0 fully saturated rings. The molecule has 0 spiro atoms. The third-order valence-electron chi connectivity index (χ3n) is 2.65. The smallest absolute Gasteiger partial charge is 0.326 e. The van der Waals surface area contributed by atoms with E-state index < -0.39 is 12.0 Å². The lowest BCUT2D eigenvalue weighted by molar-refractivity contribution is -0.143. The van der Waals surface area contributed by atoms with E-state index in [9.17, 15) is 9.59 Å². The molecule has 0 aromatic heterocycles. The number of aliphatic carboxylic acids is 1. The van der Waals surface area contributed by atoms with Crippen LogP contribution in [0.15, 0.2) is 0 Å². The Morgan fingerprint density at radius 3 is 2.44 bits per heavy atom. The molecule has 0 saturated heterocycles. The van der Waals surface area contributed by atoms with E-state index in [1.54, 1.807) is 0 Å². The molecule has 5 nitrogen and oxygen atoms in total. The lowest BCUT2D eigenvalue weighted by Crippen LogP contribution is -2.44. The van der Waals surface area contributed by atoms with Gasteiger partial charge in [-0.3, -0.25) is 4.79 Å². The van der Waals surface area contributed by atoms with Crippen molar-refractivity contribution < 1.29 is 14.7 Å². The standard InChI is InChI=1S/C11H22N2O3/c1-3-8(2)10(11(15)16)13-9(14)6-4-5-7-12/h8,10H,3-7,12H2,1-2H3,(H,13,14)(H,15,16)/t8-,10-/m0/s1. The molecule has 5 heteroatoms. The largest absolute Gasteiger partial charge is 0.480 e. The molecule has 0 unspecified atom stereocenters. The number of carbonyl (C=O) groups excluding carboxylic acids is 1. The van der Waals surface area contributed by atoms with Crippen LogP contribution in [0, 0.1) is 5.92 Å². The summed E-state index contributed by atoms with van der Waals surface area (Å²) in [6.45, 7) is 4.28. The average molecular weight is 230 g/mol. The molecule has 0 heterocycles. The Kier molecular flexibility index (Phi) is 7.54. The predicted molar refractivity (Wildman–Crippen MR) is 61.9 cm³/mol. The summed E-state index contributed by atoms with van der Waals surface area (Å²) in [5, 5.41) is 11.5. The normalized spacial score (nSPS) is 14.2. The summed E-state index contributed by atoms with van der Waals surface area (Å²) >= 11 is 0. The number of rotatable bonds is 8. The minimum Gasteiger partial charge on any atom is -0.480 e. The highest BCUT2D eigenvalue weighted by molar-refractivity contribution is 5.83. The number of unbranched alkanes of at least 4 members (excludes halogenated alkanes) is 1. The monoisotopic (exact) mass is 230 g/mol. The van der Waals surface area contributed by atoms with Crippen molar-refractivity contribution in [3.8, 4) is 0 Å². The average Bonchev–Trinajstić information content (AvgIpc) is 2.25. The van der Waals surface area contributed by atoms with Gasteiger partial charge in [-0.25, -0.2) is 4.79 Å². The minimum atomic E-state index is -0.971. The fourth-order valence-corrected chi connectivity index (χ4v) is 1.36. The van der Waals surface area contributed by atoms with Crippen molar-refractivity contribution in [3.63, 3.8) is 0 Å². The van der Waals surface area contributed by atoms with Crippen LogP contribution in [0.3, 0.4) is 0 Å². The maximum Gasteiger partial charge on any atom is 0.326 e. The van der Waals surface area contributed by atoms with Crippen LogP contribution in [0.5, 0.6) is 0 Å². The van der Waals surface area contributed by atoms with Crippen molar-refractivity contribution in [3.05, 3.63) is 0 Å². The van der Waals surface area contributed by atoms with Gasteiger partial charge in [0.25, 0.3) is 0 Å². The molecule has 0 aliphatic carbocycles. The molecule has 0 aromatic rings. The van der Waals surface area contributed by atoms with Gasteiger partial charge in [-0.15, -0.1) is 0 Å². The highest BCUT2D eigenvalue weighted by atomic mass is 16.4. The Balaban J connectivity index is 4.09. The van der Waals surface area contributed by atoms with Crippen LogP contribution in [-0.4, -0.2) is 29.6 Å². The zero-order chi connectivity index (χ0) is 12.6. The van der Waals surface area contributed by atoms with Gasteiger partial charge in [0, 0.05) is 6.42 Å². The van der Waals surface area contributed by atoms with E-state index >= 15 is 0 Å². The minimum absolute atomic E-state index is 0.0593. The summed E-state index contributed by atoms with van der Waals surface area (Å²) < 4.78 is 0. The molecule has 16 heavy (non-hydrogen) atoms. The molecular formula is C11H22N2O3. The lowest BCUT2D eigenvalue weighted by atomic mass is 9.99. The van der Waals surface area contributed by atoms with Gasteiger partial charge in [0.15, 0.2) is 0 Å². The molecule has 0 saturated carbocycles. The van der Waals surface area contributed by atoms with Gasteiger partial charge in [-0.1, -0.05) is 20.3 Å². The van der Waals surface area contributed by atoms with E-state index in [1.165, 1.54) is 0 Å². The van der Waals surface area contributed by atoms with Gasteiger partial charge in [0.2, 0.25) is 5.91 Å². The van der Waals surface area contributed by atoms with Crippen molar-refractivity contribution in [2.75, 3.05) is 6.54 Å². The first kappa shape index (κ1) is 14.9. The Morgan fingerprint density at radius 1 is 1.38 bits per heavy atom. The number of carboxylic acid groups (broad SMARTS) is 1. The summed E-state index contributed by atoms with van der Waals surface area (Å²) in [6.07, 6.45) is 2.56. The number of nitrogens with two attached hydrogens (primary N) is 1. The molecule has 0 aliphatic heterocycles. The van der Waals surface area contributed by atoms with Gasteiger partial charge in [-0.05, 0) is 25.3 Å². The van der Waals surface area contributed by atoms with Crippen LogP contribution in [0.4, 0.5) is 0 Å². The number of hydrogen-bond donors (Lipinski definition) is 3. The Bertz CT molecular complexity index is 231. The fourth-order valence-electron chi connectivity index (χ4n) is 1.36. The second kappa shape index (κ2) is 8.10. The quantitative estimate of drug-likeness (QED) is 0.536. The first-order chi connectivity index (χ1) is 7.52. The van der Waals surface area contributed by atoms with Crippen molar-refractivity contribution in [2.45, 2.75) is 45.6 Å². The lowest BCUT2D eigenvalue weighted by Gasteiger charge is -2.20. The molecule has 94 valence electrons. The van der Waals surface area contributed by atoms with E-state index in [4.69, 9.17) is 10.8 Å². The van der Waals surface area contributed by atoms with Crippen LogP contribution in [0.25, 0.3) is 0 Å². The molecule has 0 bridgehead atoms. The van der Waals surface area contributed by atoms with Gasteiger partial charge >= 0.3 is 5.97 Å². The number of nitrogens with one attached hydrogen (secondary N) is 1. The van der Waals surface area contributed by atoms with Gasteiger partial charge in [-0.2, -0.15) is 0 Å². The highest BCUT2D eigenvalue weighted by Crippen LogP contribution is 2.08. The number of carbonyl (C=O) groups is 2. The van der Waals surface area contributed by atoms with Crippen LogP contribution in [0.1, 0.15) is 39.5 Å². The number of amides is 1. The second-order valence-electron chi connectivity index (χ2n) is 4.01. The van der Waals surface area contributed by atoms with Crippen LogP contribution in [0.2, 0.25) is 0 Å². The van der Waals surface area contributed by atoms with Crippen LogP contribution >= 0.6 is 0 Å². The maximum atomic E-state index is 11.4. The molecule has 0 aromatic carbocycles. The van der Waals surface area contributed by atoms with Gasteiger partial charge < -0.3 is 16.2 Å². The van der Waals surface area contributed by atoms with E-state index in [-0.39, 0.29) is 11.8 Å². The van der Waals surface area contributed by atoms with Gasteiger partial charge in [0.05, 0.1) is 0 Å². The van der Waals surface area contributed by atoms with Crippen LogP contribution < -0.4 is 11.1 Å².